The van der Waals surface area contributed by atoms with Crippen molar-refractivity contribution in [2.45, 2.75) is 6.92 Å². The molecule has 0 radical (unpaired) electrons. The lowest BCUT2D eigenvalue weighted by Crippen LogP contribution is -2.01. The molecule has 2 aromatic carbocycles. The van der Waals surface area contributed by atoms with Gasteiger partial charge in [-0.2, -0.15) is 10.4 Å². The number of hydrazone groups is 1. The zero-order valence-corrected chi connectivity index (χ0v) is 14.7. The molecule has 3 rings (SSSR count). The highest BCUT2D eigenvalue weighted by molar-refractivity contribution is 7.12. The largest absolute Gasteiger partial charge is 0.497 e. The van der Waals surface area contributed by atoms with Crippen molar-refractivity contribution in [1.82, 2.24) is 4.98 Å². The molecular formula is C19H16N4OS. The van der Waals surface area contributed by atoms with Crippen molar-refractivity contribution >= 4 is 22.7 Å². The van der Waals surface area contributed by atoms with Gasteiger partial charge in [0.25, 0.3) is 0 Å². The van der Waals surface area contributed by atoms with Crippen LogP contribution in [-0.2, 0) is 0 Å². The third-order valence-corrected chi connectivity index (χ3v) is 4.38. The number of nitrogens with one attached hydrogen (secondary N) is 1. The number of aryl methyl sites for hydroxylation is 1. The molecule has 1 aromatic heterocycles. The van der Waals surface area contributed by atoms with Gasteiger partial charge in [0.2, 0.25) is 0 Å². The lowest BCUT2D eigenvalue weighted by molar-refractivity contribution is 0.415. The van der Waals surface area contributed by atoms with E-state index in [-0.39, 0.29) is 5.71 Å². The predicted octanol–water partition coefficient (Wildman–Crippen LogP) is 4.47. The van der Waals surface area contributed by atoms with Crippen LogP contribution in [0.4, 0.5) is 5.69 Å². The fourth-order valence-electron chi connectivity index (χ4n) is 2.17. The molecule has 3 aromatic rings. The molecule has 0 saturated carbocycles. The molecule has 5 nitrogen and oxygen atoms in total. The number of benzene rings is 2. The first-order chi connectivity index (χ1) is 12.2. The first-order valence-electron chi connectivity index (χ1n) is 7.60. The Morgan fingerprint density at radius 3 is 2.76 bits per heavy atom. The number of rotatable bonds is 5. The van der Waals surface area contributed by atoms with Crippen LogP contribution in [0.2, 0.25) is 0 Å². The van der Waals surface area contributed by atoms with Gasteiger partial charge >= 0.3 is 0 Å². The maximum atomic E-state index is 9.39. The van der Waals surface area contributed by atoms with Gasteiger partial charge in [-0.3, -0.25) is 5.43 Å². The summed E-state index contributed by atoms with van der Waals surface area (Å²) in [5.41, 5.74) is 6.86. The van der Waals surface area contributed by atoms with Crippen LogP contribution in [-0.4, -0.2) is 17.8 Å². The van der Waals surface area contributed by atoms with Crippen LogP contribution in [0.5, 0.6) is 5.75 Å². The molecule has 124 valence electrons. The second-order valence-electron chi connectivity index (χ2n) is 5.32. The van der Waals surface area contributed by atoms with Crippen LogP contribution in [0.1, 0.15) is 10.6 Å². The average Bonchev–Trinajstić information content (AvgIpc) is 3.14. The molecule has 0 amide bonds. The van der Waals surface area contributed by atoms with Crippen LogP contribution in [0.25, 0.3) is 11.3 Å². The van der Waals surface area contributed by atoms with E-state index in [9.17, 15) is 5.26 Å². The minimum Gasteiger partial charge on any atom is -0.497 e. The van der Waals surface area contributed by atoms with Crippen molar-refractivity contribution in [2.24, 2.45) is 5.10 Å². The lowest BCUT2D eigenvalue weighted by Gasteiger charge is -2.02. The smallest absolute Gasteiger partial charge is 0.196 e. The number of ether oxygens (including phenoxy) is 1. The van der Waals surface area contributed by atoms with E-state index in [4.69, 9.17) is 4.74 Å². The van der Waals surface area contributed by atoms with Crippen LogP contribution in [0.15, 0.2) is 59.0 Å². The van der Waals surface area contributed by atoms with E-state index in [0.717, 1.165) is 28.3 Å². The molecule has 25 heavy (non-hydrogen) atoms. The Morgan fingerprint density at radius 1 is 1.24 bits per heavy atom. The standard InChI is InChI=1S/C19H16N4OS/c1-13-6-8-15(9-7-13)22-23-17(11-20)19-21-18(12-25-19)14-4-3-5-16(10-14)24-2/h3-10,12,22H,1-2H3/b23-17+. The molecule has 6 heteroatoms. The summed E-state index contributed by atoms with van der Waals surface area (Å²) in [6, 6.07) is 17.5. The topological polar surface area (TPSA) is 70.3 Å². The summed E-state index contributed by atoms with van der Waals surface area (Å²) in [7, 11) is 1.63. The van der Waals surface area contributed by atoms with E-state index < -0.39 is 0 Å². The van der Waals surface area contributed by atoms with Gasteiger partial charge in [-0.1, -0.05) is 29.8 Å². The maximum absolute atomic E-state index is 9.39. The Kier molecular flexibility index (Phi) is 5.07. The first kappa shape index (κ1) is 16.7. The fraction of sp³-hybridized carbons (Fsp3) is 0.105. The van der Waals surface area contributed by atoms with Gasteiger partial charge < -0.3 is 4.74 Å². The van der Waals surface area contributed by atoms with Gasteiger partial charge in [0.05, 0.1) is 18.5 Å². The number of nitriles is 1. The zero-order chi connectivity index (χ0) is 17.6. The highest BCUT2D eigenvalue weighted by Crippen LogP contribution is 2.25. The molecule has 0 fully saturated rings. The molecule has 1 heterocycles. The zero-order valence-electron chi connectivity index (χ0n) is 13.9. The number of aromatic nitrogens is 1. The Bertz CT molecular complexity index is 939. The van der Waals surface area contributed by atoms with Crippen molar-refractivity contribution < 1.29 is 4.74 Å². The molecule has 0 spiro atoms. The normalized spacial score (nSPS) is 11.0. The number of hydrogen-bond acceptors (Lipinski definition) is 6. The van der Waals surface area contributed by atoms with E-state index in [1.165, 1.54) is 11.3 Å². The lowest BCUT2D eigenvalue weighted by atomic mass is 10.2. The quantitative estimate of drug-likeness (QED) is 0.545. The molecule has 0 saturated heterocycles. The van der Waals surface area contributed by atoms with E-state index in [1.807, 2.05) is 60.8 Å². The number of thiazole rings is 1. The number of anilines is 1. The van der Waals surface area contributed by atoms with Crippen molar-refractivity contribution in [1.29, 1.82) is 5.26 Å². The highest BCUT2D eigenvalue weighted by atomic mass is 32.1. The van der Waals surface area contributed by atoms with Gasteiger partial charge in [0.1, 0.15) is 11.8 Å². The van der Waals surface area contributed by atoms with Crippen molar-refractivity contribution in [3.63, 3.8) is 0 Å². The average molecular weight is 348 g/mol. The van der Waals surface area contributed by atoms with E-state index in [0.29, 0.717) is 5.01 Å². The van der Waals surface area contributed by atoms with Crippen LogP contribution >= 0.6 is 11.3 Å². The fourth-order valence-corrected chi connectivity index (χ4v) is 2.93. The number of methoxy groups -OCH3 is 1. The van der Waals surface area contributed by atoms with Crippen molar-refractivity contribution in [2.75, 3.05) is 12.5 Å². The summed E-state index contributed by atoms with van der Waals surface area (Å²) < 4.78 is 5.24. The van der Waals surface area contributed by atoms with Crippen LogP contribution in [0, 0.1) is 18.3 Å². The van der Waals surface area contributed by atoms with E-state index in [1.54, 1.807) is 7.11 Å². The van der Waals surface area contributed by atoms with Gasteiger partial charge in [0, 0.05) is 10.9 Å². The number of nitrogens with zero attached hydrogens (tertiary/aromatic N) is 3. The van der Waals surface area contributed by atoms with Crippen molar-refractivity contribution in [3.05, 3.63) is 64.5 Å². The molecule has 0 aliphatic rings. The molecule has 0 atom stereocenters. The predicted molar refractivity (Wildman–Crippen MR) is 101 cm³/mol. The summed E-state index contributed by atoms with van der Waals surface area (Å²) in [5, 5.41) is 16.0. The Balaban J connectivity index is 1.82. The van der Waals surface area contributed by atoms with Gasteiger partial charge in [-0.15, -0.1) is 11.3 Å². The third-order valence-electron chi connectivity index (χ3n) is 3.53. The Morgan fingerprint density at radius 2 is 2.04 bits per heavy atom. The van der Waals surface area contributed by atoms with Gasteiger partial charge in [0.15, 0.2) is 10.7 Å². The molecule has 0 aliphatic heterocycles. The minimum atomic E-state index is 0.250. The van der Waals surface area contributed by atoms with Gasteiger partial charge in [-0.05, 0) is 31.2 Å². The first-order valence-corrected chi connectivity index (χ1v) is 8.48. The minimum absolute atomic E-state index is 0.250. The Labute approximate surface area is 150 Å². The van der Waals surface area contributed by atoms with Crippen molar-refractivity contribution in [3.8, 4) is 23.1 Å². The molecular weight excluding hydrogens is 332 g/mol. The molecule has 1 N–H and O–H groups in total. The Hall–Kier alpha value is -3.17. The van der Waals surface area contributed by atoms with Crippen LogP contribution in [0.3, 0.4) is 0 Å². The third kappa shape index (κ3) is 4.03. The van der Waals surface area contributed by atoms with Crippen LogP contribution < -0.4 is 10.2 Å². The second-order valence-corrected chi connectivity index (χ2v) is 6.18. The molecule has 0 unspecified atom stereocenters. The summed E-state index contributed by atoms with van der Waals surface area (Å²) in [4.78, 5) is 4.52. The molecule has 0 bridgehead atoms. The number of hydrogen-bond donors (Lipinski definition) is 1. The van der Waals surface area contributed by atoms with E-state index in [2.05, 4.69) is 21.6 Å². The molecule has 0 aliphatic carbocycles. The summed E-state index contributed by atoms with van der Waals surface area (Å²) in [6.07, 6.45) is 0. The monoisotopic (exact) mass is 348 g/mol. The summed E-state index contributed by atoms with van der Waals surface area (Å²) in [6.45, 7) is 2.02. The SMILES string of the molecule is COc1cccc(-c2csc(/C(C#N)=N/Nc3ccc(C)cc3)n2)c1. The van der Waals surface area contributed by atoms with Gasteiger partial charge in [-0.25, -0.2) is 4.98 Å². The van der Waals surface area contributed by atoms with E-state index >= 15 is 0 Å². The summed E-state index contributed by atoms with van der Waals surface area (Å²) in [5.74, 6) is 0.766. The maximum Gasteiger partial charge on any atom is 0.196 e. The summed E-state index contributed by atoms with van der Waals surface area (Å²) >= 11 is 1.38. The second kappa shape index (κ2) is 7.60. The highest BCUT2D eigenvalue weighted by Gasteiger charge is 2.11.